The highest BCUT2D eigenvalue weighted by Crippen LogP contribution is 2.23. The Morgan fingerprint density at radius 1 is 1.11 bits per heavy atom. The van der Waals surface area contributed by atoms with Crippen molar-refractivity contribution in [2.75, 3.05) is 26.2 Å². The summed E-state index contributed by atoms with van der Waals surface area (Å²) in [4.78, 5) is 35.1. The number of carbonyl (C=O) groups excluding carboxylic acids is 2. The lowest BCUT2D eigenvalue weighted by Crippen LogP contribution is -2.57. The Morgan fingerprint density at radius 3 is 2.37 bits per heavy atom. The topological polar surface area (TPSA) is 150 Å². The first kappa shape index (κ1) is 35.3. The standard InChI is InChI=1S/C32H44N6O6S2/c1-22(2)18-37(46(43,44)27-11-13-36(42)14-12-27)20-29(39)28(17-25-9-7-6-8-10-25)34-31(40)30(23(3)4)38-16-15-35(32(38)41)19-26-21-45-24(5)33-26/h6-14,21-23,28-30,39H,15-20H2,1-5H3,(H,34,40)/t28-,29+,30-/m0/s1. The maximum Gasteiger partial charge on any atom is 0.321 e. The summed E-state index contributed by atoms with van der Waals surface area (Å²) in [7, 11) is -4.08. The summed E-state index contributed by atoms with van der Waals surface area (Å²) in [6.07, 6.45) is 1.16. The fraction of sp³-hybridized carbons (Fsp3) is 0.500. The van der Waals surface area contributed by atoms with Crippen LogP contribution in [0.2, 0.25) is 0 Å². The van der Waals surface area contributed by atoms with Gasteiger partial charge in [0.15, 0.2) is 12.4 Å². The van der Waals surface area contributed by atoms with Crippen LogP contribution in [0.4, 0.5) is 4.79 Å². The third-order valence-corrected chi connectivity index (χ3v) is 10.5. The Balaban J connectivity index is 1.56. The van der Waals surface area contributed by atoms with Crippen molar-refractivity contribution < 1.29 is 27.8 Å². The van der Waals surface area contributed by atoms with E-state index in [1.54, 1.807) is 9.80 Å². The maximum absolute atomic E-state index is 14.0. The normalized spacial score (nSPS) is 16.0. The number of aryl methyl sites for hydroxylation is 1. The van der Waals surface area contributed by atoms with Crippen LogP contribution in [-0.2, 0) is 27.8 Å². The first-order chi connectivity index (χ1) is 21.8. The molecule has 0 spiro atoms. The van der Waals surface area contributed by atoms with Gasteiger partial charge >= 0.3 is 6.03 Å². The Labute approximate surface area is 275 Å². The van der Waals surface area contributed by atoms with Gasteiger partial charge in [-0.1, -0.05) is 58.0 Å². The molecule has 3 amide bonds. The smallest absolute Gasteiger partial charge is 0.321 e. The van der Waals surface area contributed by atoms with Crippen LogP contribution in [-0.4, -0.2) is 88.9 Å². The molecule has 4 rings (SSSR count). The van der Waals surface area contributed by atoms with Gasteiger partial charge in [-0.3, -0.25) is 4.79 Å². The average Bonchev–Trinajstić information content (AvgIpc) is 3.57. The number of sulfonamides is 1. The van der Waals surface area contributed by atoms with Crippen LogP contribution >= 0.6 is 11.3 Å². The molecule has 2 aromatic heterocycles. The van der Waals surface area contributed by atoms with Crippen LogP contribution < -0.4 is 10.0 Å². The zero-order chi connectivity index (χ0) is 33.6. The van der Waals surface area contributed by atoms with Crippen molar-refractivity contribution >= 4 is 33.3 Å². The number of pyridine rings is 1. The molecule has 0 unspecified atom stereocenters. The Kier molecular flexibility index (Phi) is 11.8. The lowest BCUT2D eigenvalue weighted by Gasteiger charge is -2.34. The number of thiazole rings is 1. The number of nitrogens with zero attached hydrogens (tertiary/aromatic N) is 5. The van der Waals surface area contributed by atoms with Crippen LogP contribution in [0.15, 0.2) is 65.1 Å². The summed E-state index contributed by atoms with van der Waals surface area (Å²) < 4.78 is 29.0. The maximum atomic E-state index is 14.0. The van der Waals surface area contributed by atoms with Gasteiger partial charge in [0.05, 0.1) is 34.3 Å². The average molecular weight is 673 g/mol. The van der Waals surface area contributed by atoms with Crippen molar-refractivity contribution in [1.82, 2.24) is 24.4 Å². The quantitative estimate of drug-likeness (QED) is 0.186. The molecular formula is C32H44N6O6S2. The predicted molar refractivity (Wildman–Crippen MR) is 175 cm³/mol. The van der Waals surface area contributed by atoms with E-state index in [-0.39, 0.29) is 42.3 Å². The lowest BCUT2D eigenvalue weighted by atomic mass is 9.97. The van der Waals surface area contributed by atoms with E-state index >= 15 is 0 Å². The van der Waals surface area contributed by atoms with Gasteiger partial charge in [0.25, 0.3) is 0 Å². The minimum atomic E-state index is -4.08. The second-order valence-electron chi connectivity index (χ2n) is 12.4. The molecule has 0 saturated carbocycles. The largest absolute Gasteiger partial charge is 0.619 e. The van der Waals surface area contributed by atoms with Crippen LogP contribution in [0.1, 0.15) is 44.0 Å². The summed E-state index contributed by atoms with van der Waals surface area (Å²) in [6.45, 7) is 10.4. The van der Waals surface area contributed by atoms with Crippen LogP contribution in [0.25, 0.3) is 0 Å². The van der Waals surface area contributed by atoms with Crippen molar-refractivity contribution in [3.05, 3.63) is 81.7 Å². The van der Waals surface area contributed by atoms with E-state index in [4.69, 9.17) is 0 Å². The van der Waals surface area contributed by atoms with Crippen molar-refractivity contribution in [2.24, 2.45) is 11.8 Å². The third kappa shape index (κ3) is 8.81. The molecule has 3 heterocycles. The molecule has 14 heteroatoms. The molecule has 46 heavy (non-hydrogen) atoms. The number of hydrogen-bond donors (Lipinski definition) is 2. The number of amides is 3. The molecular weight excluding hydrogens is 629 g/mol. The van der Waals surface area contributed by atoms with E-state index < -0.39 is 34.1 Å². The van der Waals surface area contributed by atoms with Gasteiger partial charge in [-0.05, 0) is 30.7 Å². The van der Waals surface area contributed by atoms with Gasteiger partial charge in [0.1, 0.15) is 6.04 Å². The highest BCUT2D eigenvalue weighted by molar-refractivity contribution is 7.89. The monoisotopic (exact) mass is 672 g/mol. The molecule has 1 fully saturated rings. The summed E-state index contributed by atoms with van der Waals surface area (Å²) >= 11 is 1.52. The summed E-state index contributed by atoms with van der Waals surface area (Å²) in [6, 6.07) is 9.84. The van der Waals surface area contributed by atoms with Gasteiger partial charge < -0.3 is 25.4 Å². The number of rotatable bonds is 15. The van der Waals surface area contributed by atoms with Crippen LogP contribution in [0.5, 0.6) is 0 Å². The first-order valence-corrected chi connectivity index (χ1v) is 17.8. The minimum Gasteiger partial charge on any atom is -0.619 e. The van der Waals surface area contributed by atoms with Gasteiger partial charge in [-0.15, -0.1) is 11.3 Å². The second-order valence-corrected chi connectivity index (χ2v) is 15.4. The number of hydrogen-bond acceptors (Lipinski definition) is 8. The summed E-state index contributed by atoms with van der Waals surface area (Å²) in [5.74, 6) is -0.726. The molecule has 1 aliphatic rings. The van der Waals surface area contributed by atoms with Gasteiger partial charge in [-0.25, -0.2) is 18.2 Å². The van der Waals surface area contributed by atoms with Gasteiger partial charge in [-0.2, -0.15) is 9.04 Å². The van der Waals surface area contributed by atoms with E-state index in [1.165, 1.54) is 27.8 Å². The van der Waals surface area contributed by atoms with Crippen molar-refractivity contribution in [3.8, 4) is 0 Å². The molecule has 1 aromatic carbocycles. The minimum absolute atomic E-state index is 0.0686. The number of aromatic nitrogens is 2. The Bertz CT molecular complexity index is 1570. The molecule has 3 aromatic rings. The summed E-state index contributed by atoms with van der Waals surface area (Å²) in [5, 5.41) is 29.0. The molecule has 0 radical (unpaired) electrons. The first-order valence-electron chi connectivity index (χ1n) is 15.4. The third-order valence-electron chi connectivity index (χ3n) is 7.84. The number of aliphatic hydroxyl groups is 1. The fourth-order valence-electron chi connectivity index (χ4n) is 5.64. The number of nitrogens with one attached hydrogen (secondary N) is 1. The van der Waals surface area contributed by atoms with E-state index in [1.807, 2.05) is 70.3 Å². The number of benzene rings is 1. The van der Waals surface area contributed by atoms with Gasteiger partial charge in [0, 0.05) is 43.7 Å². The van der Waals surface area contributed by atoms with Crippen molar-refractivity contribution in [1.29, 1.82) is 0 Å². The molecule has 0 aliphatic carbocycles. The zero-order valence-corrected chi connectivity index (χ0v) is 28.6. The van der Waals surface area contributed by atoms with E-state index in [0.717, 1.165) is 28.7 Å². The van der Waals surface area contributed by atoms with Gasteiger partial charge in [0.2, 0.25) is 15.9 Å². The predicted octanol–water partition coefficient (Wildman–Crippen LogP) is 2.78. The second kappa shape index (κ2) is 15.3. The lowest BCUT2D eigenvalue weighted by molar-refractivity contribution is -0.605. The summed E-state index contributed by atoms with van der Waals surface area (Å²) in [5.41, 5.74) is 1.65. The van der Waals surface area contributed by atoms with E-state index in [0.29, 0.717) is 24.4 Å². The number of aliphatic hydroxyl groups excluding tert-OH is 1. The van der Waals surface area contributed by atoms with E-state index in [9.17, 15) is 28.3 Å². The Hall–Kier alpha value is -3.59. The Morgan fingerprint density at radius 2 is 1.78 bits per heavy atom. The number of carbonyl (C=O) groups is 2. The van der Waals surface area contributed by atoms with Crippen molar-refractivity contribution in [2.45, 2.75) is 70.7 Å². The molecule has 1 aliphatic heterocycles. The molecule has 2 N–H and O–H groups in total. The van der Waals surface area contributed by atoms with E-state index in [2.05, 4.69) is 10.3 Å². The van der Waals surface area contributed by atoms with Crippen LogP contribution in [0.3, 0.4) is 0 Å². The highest BCUT2D eigenvalue weighted by Gasteiger charge is 2.40. The van der Waals surface area contributed by atoms with Crippen LogP contribution in [0, 0.1) is 24.0 Å². The molecule has 250 valence electrons. The molecule has 0 bridgehead atoms. The zero-order valence-electron chi connectivity index (χ0n) is 26.9. The molecule has 12 nitrogen and oxygen atoms in total. The number of urea groups is 1. The highest BCUT2D eigenvalue weighted by atomic mass is 32.2. The fourth-order valence-corrected chi connectivity index (χ4v) is 7.85. The SMILES string of the molecule is Cc1nc(CN2CCN([C@H](C(=O)N[C@@H](Cc3ccccc3)[C@H](O)CN(CC(C)C)S(=O)(=O)c3cc[n+]([O-])cc3)C(C)C)C2=O)cs1. The molecule has 3 atom stereocenters. The molecule has 1 saturated heterocycles. The van der Waals surface area contributed by atoms with Crippen molar-refractivity contribution in [3.63, 3.8) is 0 Å².